The van der Waals surface area contributed by atoms with Crippen LogP contribution in [0.15, 0.2) is 107 Å². The van der Waals surface area contributed by atoms with Gasteiger partial charge in [0.2, 0.25) is 0 Å². The van der Waals surface area contributed by atoms with Gasteiger partial charge >= 0.3 is 0 Å². The fourth-order valence-electron chi connectivity index (χ4n) is 4.88. The van der Waals surface area contributed by atoms with E-state index in [9.17, 15) is 0 Å². The van der Waals surface area contributed by atoms with Gasteiger partial charge in [0.15, 0.2) is 0 Å². The molecule has 0 atom stereocenters. The predicted molar refractivity (Wildman–Crippen MR) is 141 cm³/mol. The second-order valence-corrected chi connectivity index (χ2v) is 10.3. The maximum atomic E-state index is 4.83. The second-order valence-electron chi connectivity index (χ2n) is 9.17. The summed E-state index contributed by atoms with van der Waals surface area (Å²) in [4.78, 5) is 7.42. The molecule has 0 radical (unpaired) electrons. The summed E-state index contributed by atoms with van der Waals surface area (Å²) >= 11 is 1.85. The highest BCUT2D eigenvalue weighted by molar-refractivity contribution is 7.99. The third-order valence-electron chi connectivity index (χ3n) is 6.34. The lowest BCUT2D eigenvalue weighted by Gasteiger charge is -2.13. The van der Waals surface area contributed by atoms with Crippen LogP contribution in [0.2, 0.25) is 0 Å². The van der Waals surface area contributed by atoms with Crippen molar-refractivity contribution in [3.8, 4) is 33.5 Å². The van der Waals surface area contributed by atoms with E-state index in [1.807, 2.05) is 18.0 Å². The van der Waals surface area contributed by atoms with Gasteiger partial charge in [-0.15, -0.1) is 0 Å². The standard InChI is InChI=1S/C31H25NS/c1-20(2)17-21-11-13-24-22(18-21)15-16-32-31(24)23-12-14-30-28(19-23)26-8-4-3-7-25(26)27-9-5-6-10-29(27)33-30/h3-16,18-20H,17H2,1-2H3. The van der Waals surface area contributed by atoms with Gasteiger partial charge in [-0.25, -0.2) is 0 Å². The Kier molecular flexibility index (Phi) is 5.04. The Labute approximate surface area is 199 Å². The number of fused-ring (bicyclic) bond motifs is 6. The molecule has 4 aromatic carbocycles. The van der Waals surface area contributed by atoms with Gasteiger partial charge in [0.25, 0.3) is 0 Å². The highest BCUT2D eigenvalue weighted by Crippen LogP contribution is 2.48. The van der Waals surface area contributed by atoms with Crippen LogP contribution in [0.4, 0.5) is 0 Å². The van der Waals surface area contributed by atoms with E-state index in [1.165, 1.54) is 48.4 Å². The van der Waals surface area contributed by atoms with Gasteiger partial charge < -0.3 is 0 Å². The molecule has 2 heterocycles. The third kappa shape index (κ3) is 3.65. The minimum Gasteiger partial charge on any atom is -0.256 e. The first-order chi connectivity index (χ1) is 16.2. The highest BCUT2D eigenvalue weighted by atomic mass is 32.2. The fraction of sp³-hybridized carbons (Fsp3) is 0.129. The minimum atomic E-state index is 0.648. The van der Waals surface area contributed by atoms with E-state index in [0.717, 1.165) is 17.7 Å². The van der Waals surface area contributed by atoms with Crippen LogP contribution in [-0.4, -0.2) is 4.98 Å². The summed E-state index contributed by atoms with van der Waals surface area (Å²) in [5.41, 5.74) is 8.76. The number of pyridine rings is 1. The first kappa shape index (κ1) is 20.3. The highest BCUT2D eigenvalue weighted by Gasteiger charge is 2.20. The molecule has 160 valence electrons. The van der Waals surface area contributed by atoms with Crippen molar-refractivity contribution in [2.75, 3.05) is 0 Å². The van der Waals surface area contributed by atoms with Gasteiger partial charge in [-0.3, -0.25) is 4.98 Å². The molecule has 2 heteroatoms. The Balaban J connectivity index is 1.52. The van der Waals surface area contributed by atoms with Crippen molar-refractivity contribution in [1.29, 1.82) is 0 Å². The van der Waals surface area contributed by atoms with Crippen molar-refractivity contribution >= 4 is 22.5 Å². The normalized spacial score (nSPS) is 12.2. The van der Waals surface area contributed by atoms with Crippen molar-refractivity contribution in [3.63, 3.8) is 0 Å². The molecule has 0 fully saturated rings. The van der Waals surface area contributed by atoms with E-state index in [4.69, 9.17) is 4.98 Å². The van der Waals surface area contributed by atoms with E-state index >= 15 is 0 Å². The summed E-state index contributed by atoms with van der Waals surface area (Å²) in [5.74, 6) is 0.648. The van der Waals surface area contributed by atoms with E-state index < -0.39 is 0 Å². The molecule has 0 amide bonds. The predicted octanol–water partition coefficient (Wildman–Crippen LogP) is 8.90. The van der Waals surface area contributed by atoms with Crippen LogP contribution < -0.4 is 0 Å². The molecule has 0 N–H and O–H groups in total. The summed E-state index contributed by atoms with van der Waals surface area (Å²) in [5, 5.41) is 2.47. The molecular formula is C31H25NS. The summed E-state index contributed by atoms with van der Waals surface area (Å²) in [6.07, 6.45) is 3.04. The SMILES string of the molecule is CC(C)Cc1ccc2c(-c3ccc4c(c3)-c3ccccc3-c3ccccc3S4)nccc2c1. The molecule has 0 saturated carbocycles. The third-order valence-corrected chi connectivity index (χ3v) is 7.49. The molecule has 33 heavy (non-hydrogen) atoms. The number of rotatable bonds is 3. The topological polar surface area (TPSA) is 12.9 Å². The summed E-state index contributed by atoms with van der Waals surface area (Å²) in [6, 6.07) is 33.3. The van der Waals surface area contributed by atoms with Gasteiger partial charge in [-0.05, 0) is 69.8 Å². The van der Waals surface area contributed by atoms with Crippen LogP contribution in [0.1, 0.15) is 19.4 Å². The first-order valence-corrected chi connectivity index (χ1v) is 12.4. The van der Waals surface area contributed by atoms with Crippen LogP contribution >= 0.6 is 11.8 Å². The maximum absolute atomic E-state index is 4.83. The molecule has 0 bridgehead atoms. The lowest BCUT2D eigenvalue weighted by Crippen LogP contribution is -1.94. The molecule has 1 nitrogen and oxygen atoms in total. The van der Waals surface area contributed by atoms with E-state index in [0.29, 0.717) is 5.92 Å². The molecule has 0 aliphatic carbocycles. The van der Waals surface area contributed by atoms with Crippen molar-refractivity contribution in [3.05, 3.63) is 103 Å². The van der Waals surface area contributed by atoms with E-state index in [1.54, 1.807) is 0 Å². The molecule has 0 spiro atoms. The largest absolute Gasteiger partial charge is 0.256 e. The fourth-order valence-corrected chi connectivity index (χ4v) is 5.97. The zero-order chi connectivity index (χ0) is 22.4. The smallest absolute Gasteiger partial charge is 0.0780 e. The Morgan fingerprint density at radius 1 is 0.697 bits per heavy atom. The summed E-state index contributed by atoms with van der Waals surface area (Å²) in [7, 11) is 0. The van der Waals surface area contributed by atoms with Gasteiger partial charge in [0.05, 0.1) is 5.69 Å². The van der Waals surface area contributed by atoms with Crippen molar-refractivity contribution < 1.29 is 0 Å². The van der Waals surface area contributed by atoms with Gasteiger partial charge in [-0.1, -0.05) is 92.3 Å². The van der Waals surface area contributed by atoms with E-state index in [-0.39, 0.29) is 0 Å². The number of nitrogens with zero attached hydrogens (tertiary/aromatic N) is 1. The molecular weight excluding hydrogens is 418 g/mol. The maximum Gasteiger partial charge on any atom is 0.0780 e. The Morgan fingerprint density at radius 2 is 1.42 bits per heavy atom. The first-order valence-electron chi connectivity index (χ1n) is 11.6. The molecule has 5 aromatic rings. The second kappa shape index (κ2) is 8.20. The minimum absolute atomic E-state index is 0.648. The summed E-state index contributed by atoms with van der Waals surface area (Å²) in [6.45, 7) is 4.54. The molecule has 0 saturated heterocycles. The average molecular weight is 444 g/mol. The van der Waals surface area contributed by atoms with E-state index in [2.05, 4.69) is 105 Å². The Bertz CT molecular complexity index is 1500. The zero-order valence-corrected chi connectivity index (χ0v) is 19.7. The monoisotopic (exact) mass is 443 g/mol. The number of hydrogen-bond donors (Lipinski definition) is 0. The zero-order valence-electron chi connectivity index (χ0n) is 18.9. The van der Waals surface area contributed by atoms with Crippen LogP contribution in [0, 0.1) is 5.92 Å². The molecule has 0 unspecified atom stereocenters. The van der Waals surface area contributed by atoms with Crippen molar-refractivity contribution in [2.45, 2.75) is 30.1 Å². The average Bonchev–Trinajstić information content (AvgIpc) is 2.97. The molecule has 6 rings (SSSR count). The van der Waals surface area contributed by atoms with Crippen LogP contribution in [0.25, 0.3) is 44.3 Å². The van der Waals surface area contributed by atoms with Crippen molar-refractivity contribution in [2.24, 2.45) is 5.92 Å². The van der Waals surface area contributed by atoms with Gasteiger partial charge in [0.1, 0.15) is 0 Å². The molecule has 1 aromatic heterocycles. The quantitative estimate of drug-likeness (QED) is 0.271. The number of aromatic nitrogens is 1. The van der Waals surface area contributed by atoms with Crippen LogP contribution in [0.5, 0.6) is 0 Å². The molecule has 1 aliphatic heterocycles. The lowest BCUT2D eigenvalue weighted by atomic mass is 9.92. The van der Waals surface area contributed by atoms with Gasteiger partial charge in [0, 0.05) is 26.9 Å². The van der Waals surface area contributed by atoms with Crippen molar-refractivity contribution in [1.82, 2.24) is 4.98 Å². The Morgan fingerprint density at radius 3 is 2.24 bits per heavy atom. The molecule has 1 aliphatic rings. The Hall–Kier alpha value is -3.36. The number of hydrogen-bond acceptors (Lipinski definition) is 2. The van der Waals surface area contributed by atoms with Crippen LogP contribution in [-0.2, 0) is 6.42 Å². The summed E-state index contributed by atoms with van der Waals surface area (Å²) < 4.78 is 0. The van der Waals surface area contributed by atoms with Gasteiger partial charge in [-0.2, -0.15) is 0 Å². The van der Waals surface area contributed by atoms with Crippen LogP contribution in [0.3, 0.4) is 0 Å². The lowest BCUT2D eigenvalue weighted by molar-refractivity contribution is 0.648. The number of benzene rings is 4.